The molecule has 6 aromatic rings. The van der Waals surface area contributed by atoms with Gasteiger partial charge in [0.05, 0.1) is 15.3 Å². The maximum atomic E-state index is 12.2. The van der Waals surface area contributed by atoms with Crippen LogP contribution in [-0.2, 0) is 5.41 Å². The number of phenolic OH excluding ortho intramolecular Hbond substituents is 2. The second-order valence-corrected chi connectivity index (χ2v) is 11.1. The molecule has 8 heteroatoms. The summed E-state index contributed by atoms with van der Waals surface area (Å²) in [5.74, 6) is 5.51. The lowest BCUT2D eigenvalue weighted by Crippen LogP contribution is -2.30. The van der Waals surface area contributed by atoms with Crippen LogP contribution in [-0.4, -0.2) is 20.1 Å². The van der Waals surface area contributed by atoms with Crippen molar-refractivity contribution in [2.45, 2.75) is 5.41 Å². The average molecular weight is 617 g/mol. The lowest BCUT2D eigenvalue weighted by atomic mass is 9.66. The van der Waals surface area contributed by atoms with E-state index < -0.39 is 38.1 Å². The number of nitro benzene ring substituents is 2. The Hall–Kier alpha value is -6.72. The molecule has 0 atom stereocenters. The smallest absolute Gasteiger partial charge is 0.311 e. The van der Waals surface area contributed by atoms with Gasteiger partial charge in [0.2, 0.25) is 0 Å². The minimum Gasteiger partial charge on any atom is -0.502 e. The first kappa shape index (κ1) is 29.0. The Labute approximate surface area is 269 Å². The molecule has 0 aromatic heterocycles. The summed E-state index contributed by atoms with van der Waals surface area (Å²) in [4.78, 5) is 23.0. The number of nitrogens with zero attached hydrogens (tertiary/aromatic N) is 2. The maximum absolute atomic E-state index is 12.2. The Morgan fingerprint density at radius 1 is 0.553 bits per heavy atom. The van der Waals surface area contributed by atoms with Crippen LogP contribution in [0.2, 0.25) is 0 Å². The van der Waals surface area contributed by atoms with Gasteiger partial charge in [-0.25, -0.2) is 0 Å². The van der Waals surface area contributed by atoms with Crippen molar-refractivity contribution >= 4 is 11.4 Å². The normalized spacial score (nSPS) is 12.3. The number of hydrogen-bond acceptors (Lipinski definition) is 6. The Bertz CT molecular complexity index is 2230. The van der Waals surface area contributed by atoms with Gasteiger partial charge < -0.3 is 10.2 Å². The van der Waals surface area contributed by atoms with Crippen molar-refractivity contribution in [3.05, 3.63) is 187 Å². The summed E-state index contributed by atoms with van der Waals surface area (Å²) >= 11 is 0. The summed E-state index contributed by atoms with van der Waals surface area (Å²) in [7, 11) is 0. The van der Waals surface area contributed by atoms with Gasteiger partial charge in [-0.3, -0.25) is 20.2 Å². The number of phenols is 2. The van der Waals surface area contributed by atoms with E-state index in [1.807, 2.05) is 97.1 Å². The molecule has 47 heavy (non-hydrogen) atoms. The third-order valence-electron chi connectivity index (χ3n) is 8.59. The van der Waals surface area contributed by atoms with Crippen molar-refractivity contribution in [2.75, 3.05) is 0 Å². The van der Waals surface area contributed by atoms with Crippen molar-refractivity contribution in [3.63, 3.8) is 0 Å². The van der Waals surface area contributed by atoms with Gasteiger partial charge >= 0.3 is 11.4 Å². The lowest BCUT2D eigenvalue weighted by Gasteiger charge is -2.34. The second-order valence-electron chi connectivity index (χ2n) is 11.1. The molecule has 1 aliphatic carbocycles. The van der Waals surface area contributed by atoms with Gasteiger partial charge in [-0.05, 0) is 80.9 Å². The van der Waals surface area contributed by atoms with E-state index in [9.17, 15) is 30.4 Å². The van der Waals surface area contributed by atoms with Crippen LogP contribution in [0, 0.1) is 32.1 Å². The highest BCUT2D eigenvalue weighted by Crippen LogP contribution is 2.59. The Balaban J connectivity index is 1.66. The van der Waals surface area contributed by atoms with Gasteiger partial charge in [0, 0.05) is 23.3 Å². The number of aromatic hydroxyl groups is 2. The van der Waals surface area contributed by atoms with E-state index in [2.05, 4.69) is 11.8 Å². The van der Waals surface area contributed by atoms with Crippen LogP contribution in [0.25, 0.3) is 22.3 Å². The van der Waals surface area contributed by atoms with E-state index in [1.54, 1.807) is 12.1 Å². The van der Waals surface area contributed by atoms with Crippen LogP contribution in [0.4, 0.5) is 11.4 Å². The van der Waals surface area contributed by atoms with Crippen LogP contribution in [0.1, 0.15) is 33.4 Å². The zero-order valence-electron chi connectivity index (χ0n) is 24.6. The number of benzene rings is 6. The number of nitro groups is 2. The van der Waals surface area contributed by atoms with E-state index in [1.165, 1.54) is 24.3 Å². The van der Waals surface area contributed by atoms with Crippen LogP contribution in [0.5, 0.6) is 11.5 Å². The first-order valence-corrected chi connectivity index (χ1v) is 14.7. The molecule has 0 aliphatic heterocycles. The number of rotatable bonds is 5. The summed E-state index contributed by atoms with van der Waals surface area (Å²) in [6.07, 6.45) is 0. The molecule has 7 rings (SSSR count). The zero-order chi connectivity index (χ0) is 32.7. The van der Waals surface area contributed by atoms with Crippen molar-refractivity contribution in [3.8, 4) is 45.6 Å². The van der Waals surface area contributed by atoms with E-state index in [4.69, 9.17) is 0 Å². The van der Waals surface area contributed by atoms with Gasteiger partial charge in [-0.1, -0.05) is 96.8 Å². The fourth-order valence-electron chi connectivity index (χ4n) is 6.55. The third kappa shape index (κ3) is 4.74. The molecule has 0 amide bonds. The molecule has 0 heterocycles. The van der Waals surface area contributed by atoms with Crippen LogP contribution < -0.4 is 0 Å². The van der Waals surface area contributed by atoms with Crippen molar-refractivity contribution in [2.24, 2.45) is 0 Å². The quantitative estimate of drug-likeness (QED) is 0.114. The highest BCUT2D eigenvalue weighted by Gasteiger charge is 2.49. The number of fused-ring (bicyclic) bond motifs is 3. The monoisotopic (exact) mass is 616 g/mol. The number of hydrogen-bond donors (Lipinski definition) is 2. The molecule has 0 bridgehead atoms. The van der Waals surface area contributed by atoms with E-state index >= 15 is 0 Å². The highest BCUT2D eigenvalue weighted by molar-refractivity contribution is 5.90. The van der Waals surface area contributed by atoms with Crippen LogP contribution >= 0.6 is 0 Å². The molecular formula is C39H24N2O6. The summed E-state index contributed by atoms with van der Waals surface area (Å²) in [6, 6.07) is 39.1. The molecule has 2 N–H and O–H groups in total. The van der Waals surface area contributed by atoms with Gasteiger partial charge in [-0.15, -0.1) is 0 Å². The molecule has 0 saturated heterocycles. The van der Waals surface area contributed by atoms with E-state index in [-0.39, 0.29) is 0 Å². The summed E-state index contributed by atoms with van der Waals surface area (Å²) in [5.41, 5.74) is 4.52. The Morgan fingerprint density at radius 2 is 1.15 bits per heavy atom. The third-order valence-corrected chi connectivity index (χ3v) is 8.59. The summed E-state index contributed by atoms with van der Waals surface area (Å²) in [6.45, 7) is 0. The first-order chi connectivity index (χ1) is 22.8. The molecule has 1 aliphatic rings. The van der Waals surface area contributed by atoms with Gasteiger partial charge in [0.15, 0.2) is 11.5 Å². The molecular weight excluding hydrogens is 592 g/mol. The predicted octanol–water partition coefficient (Wildman–Crippen LogP) is 8.34. The Morgan fingerprint density at radius 3 is 1.74 bits per heavy atom. The molecule has 0 spiro atoms. The first-order valence-electron chi connectivity index (χ1n) is 14.7. The van der Waals surface area contributed by atoms with Crippen LogP contribution in [0.3, 0.4) is 0 Å². The molecule has 0 fully saturated rings. The second kappa shape index (κ2) is 11.3. The molecule has 6 aromatic carbocycles. The lowest BCUT2D eigenvalue weighted by molar-refractivity contribution is -0.386. The fourth-order valence-corrected chi connectivity index (χ4v) is 6.55. The van der Waals surface area contributed by atoms with E-state index in [0.29, 0.717) is 27.8 Å². The predicted molar refractivity (Wildman–Crippen MR) is 178 cm³/mol. The highest BCUT2D eigenvalue weighted by atomic mass is 16.6. The van der Waals surface area contributed by atoms with Crippen LogP contribution in [0.15, 0.2) is 133 Å². The Kier molecular flexibility index (Phi) is 6.99. The van der Waals surface area contributed by atoms with Crippen molar-refractivity contribution < 1.29 is 20.1 Å². The van der Waals surface area contributed by atoms with E-state index in [0.717, 1.165) is 27.8 Å². The van der Waals surface area contributed by atoms with Gasteiger partial charge in [0.25, 0.3) is 0 Å². The maximum Gasteiger partial charge on any atom is 0.311 e. The van der Waals surface area contributed by atoms with Crippen molar-refractivity contribution in [1.82, 2.24) is 0 Å². The minimum atomic E-state index is -1.39. The molecule has 226 valence electrons. The summed E-state index contributed by atoms with van der Waals surface area (Å²) < 4.78 is 0. The SMILES string of the molecule is O=[N+]([O-])c1cc(C2(c3ccc(O)c([N+](=O)[O-])c3)c3cc(-c4ccccc4)ccc3-c3cccc(C#Cc4ccccc4)c32)ccc1O. The standard InChI is InChI=1S/C39H24N2O6/c42-36-20-17-29(23-34(36)40(44)45)39(30-18-21-37(43)35(24-30)41(46)47)33-22-28(26-10-5-2-6-11-26)16-19-31(33)32-13-7-12-27(38(32)39)15-14-25-8-3-1-4-9-25/h1-13,16-24,42-43H. The fraction of sp³-hybridized carbons (Fsp3) is 0.0256. The largest absolute Gasteiger partial charge is 0.502 e. The zero-order valence-corrected chi connectivity index (χ0v) is 24.6. The molecule has 0 unspecified atom stereocenters. The summed E-state index contributed by atoms with van der Waals surface area (Å²) in [5, 5.41) is 45.4. The molecule has 0 saturated carbocycles. The van der Waals surface area contributed by atoms with Crippen molar-refractivity contribution in [1.29, 1.82) is 0 Å². The minimum absolute atomic E-state index is 0.390. The molecule has 0 radical (unpaired) electrons. The van der Waals surface area contributed by atoms with Gasteiger partial charge in [0.1, 0.15) is 0 Å². The van der Waals surface area contributed by atoms with Gasteiger partial charge in [-0.2, -0.15) is 0 Å². The molecule has 8 nitrogen and oxygen atoms in total. The average Bonchev–Trinajstić information content (AvgIpc) is 3.39. The topological polar surface area (TPSA) is 127 Å².